The van der Waals surface area contributed by atoms with E-state index in [2.05, 4.69) is 5.10 Å². The molecule has 0 aromatic carbocycles. The van der Waals surface area contributed by atoms with E-state index in [0.29, 0.717) is 18.8 Å². The molecule has 0 saturated heterocycles. The van der Waals surface area contributed by atoms with E-state index in [0.717, 1.165) is 17.7 Å². The second-order valence-corrected chi connectivity index (χ2v) is 5.98. The highest BCUT2D eigenvalue weighted by atomic mass is 16.6. The summed E-state index contributed by atoms with van der Waals surface area (Å²) in [7, 11) is 1.87. The number of amides is 1. The summed E-state index contributed by atoms with van der Waals surface area (Å²) in [5.41, 5.74) is 8.19. The Morgan fingerprint density at radius 2 is 2.15 bits per heavy atom. The molecular weight excluding hydrogens is 256 g/mol. The van der Waals surface area contributed by atoms with Crippen LogP contribution in [0.25, 0.3) is 5.57 Å². The fourth-order valence-corrected chi connectivity index (χ4v) is 2.22. The molecule has 110 valence electrons. The maximum Gasteiger partial charge on any atom is 0.410 e. The Morgan fingerprint density at radius 1 is 1.45 bits per heavy atom. The highest BCUT2D eigenvalue weighted by Gasteiger charge is 2.25. The molecular formula is C14H22N4O2. The number of nitrogens with two attached hydrogens (primary N) is 1. The largest absolute Gasteiger partial charge is 0.444 e. The first-order chi connectivity index (χ1) is 9.28. The van der Waals surface area contributed by atoms with Gasteiger partial charge in [-0.15, -0.1) is 0 Å². The van der Waals surface area contributed by atoms with Gasteiger partial charge in [0.15, 0.2) is 0 Å². The molecule has 0 unspecified atom stereocenters. The number of nitrogen functional groups attached to an aromatic ring is 1. The summed E-state index contributed by atoms with van der Waals surface area (Å²) in [5, 5.41) is 4.14. The van der Waals surface area contributed by atoms with Gasteiger partial charge in [0.05, 0.1) is 17.6 Å². The van der Waals surface area contributed by atoms with Gasteiger partial charge >= 0.3 is 6.09 Å². The molecule has 6 nitrogen and oxygen atoms in total. The molecule has 1 aromatic rings. The number of hydrogen-bond acceptors (Lipinski definition) is 4. The number of ether oxygens (including phenoxy) is 1. The van der Waals surface area contributed by atoms with Crippen LogP contribution < -0.4 is 5.73 Å². The van der Waals surface area contributed by atoms with Crippen LogP contribution in [-0.4, -0.2) is 39.5 Å². The van der Waals surface area contributed by atoms with Crippen molar-refractivity contribution in [3.8, 4) is 0 Å². The number of carbonyl (C=O) groups is 1. The van der Waals surface area contributed by atoms with Gasteiger partial charge in [0.2, 0.25) is 0 Å². The molecule has 6 heteroatoms. The maximum atomic E-state index is 12.0. The Hall–Kier alpha value is -1.98. The fraction of sp³-hybridized carbons (Fsp3) is 0.571. The minimum Gasteiger partial charge on any atom is -0.444 e. The van der Waals surface area contributed by atoms with Gasteiger partial charge in [-0.25, -0.2) is 4.79 Å². The minimum atomic E-state index is -0.465. The zero-order valence-corrected chi connectivity index (χ0v) is 12.5. The number of rotatable bonds is 1. The Balaban J connectivity index is 2.06. The van der Waals surface area contributed by atoms with Gasteiger partial charge in [-0.3, -0.25) is 4.68 Å². The van der Waals surface area contributed by atoms with Crippen LogP contribution in [0.2, 0.25) is 0 Å². The SMILES string of the molecule is Cn1ncc(N)c1C1=CCN(C(=O)OC(C)(C)C)CC1. The Morgan fingerprint density at radius 3 is 2.60 bits per heavy atom. The van der Waals surface area contributed by atoms with Gasteiger partial charge in [0, 0.05) is 20.1 Å². The summed E-state index contributed by atoms with van der Waals surface area (Å²) in [6, 6.07) is 0. The van der Waals surface area contributed by atoms with E-state index in [9.17, 15) is 4.79 Å². The topological polar surface area (TPSA) is 73.4 Å². The molecule has 20 heavy (non-hydrogen) atoms. The van der Waals surface area contributed by atoms with Gasteiger partial charge in [0.1, 0.15) is 5.60 Å². The van der Waals surface area contributed by atoms with E-state index >= 15 is 0 Å². The molecule has 2 rings (SSSR count). The first kappa shape index (κ1) is 14.4. The first-order valence-corrected chi connectivity index (χ1v) is 6.73. The summed E-state index contributed by atoms with van der Waals surface area (Å²) in [6.45, 7) is 6.77. The number of carbonyl (C=O) groups excluding carboxylic acids is 1. The summed E-state index contributed by atoms with van der Waals surface area (Å²) in [5.74, 6) is 0. The van der Waals surface area contributed by atoms with Crippen LogP contribution >= 0.6 is 0 Å². The quantitative estimate of drug-likeness (QED) is 0.853. The van der Waals surface area contributed by atoms with Crippen molar-refractivity contribution in [3.63, 3.8) is 0 Å². The van der Waals surface area contributed by atoms with E-state index < -0.39 is 5.60 Å². The van der Waals surface area contributed by atoms with Gasteiger partial charge < -0.3 is 15.4 Å². The molecule has 0 saturated carbocycles. The van der Waals surface area contributed by atoms with E-state index in [4.69, 9.17) is 10.5 Å². The average Bonchev–Trinajstić information content (AvgIpc) is 2.67. The molecule has 0 bridgehead atoms. The highest BCUT2D eigenvalue weighted by Crippen LogP contribution is 2.26. The van der Waals surface area contributed by atoms with Crippen LogP contribution in [0.15, 0.2) is 12.3 Å². The van der Waals surface area contributed by atoms with Crippen molar-refractivity contribution in [2.75, 3.05) is 18.8 Å². The van der Waals surface area contributed by atoms with Gasteiger partial charge in [0.25, 0.3) is 0 Å². The lowest BCUT2D eigenvalue weighted by Crippen LogP contribution is -2.39. The summed E-state index contributed by atoms with van der Waals surface area (Å²) in [4.78, 5) is 13.7. The third kappa shape index (κ3) is 3.12. The van der Waals surface area contributed by atoms with Crippen molar-refractivity contribution in [1.29, 1.82) is 0 Å². The van der Waals surface area contributed by atoms with Gasteiger partial charge in [-0.2, -0.15) is 5.10 Å². The van der Waals surface area contributed by atoms with Crippen LogP contribution in [0.5, 0.6) is 0 Å². The summed E-state index contributed by atoms with van der Waals surface area (Å²) in [6.07, 6.45) is 4.14. The zero-order chi connectivity index (χ0) is 14.9. The highest BCUT2D eigenvalue weighted by molar-refractivity contribution is 5.75. The molecule has 0 radical (unpaired) electrons. The molecule has 2 N–H and O–H groups in total. The Bertz CT molecular complexity index is 520. The molecule has 0 aliphatic carbocycles. The molecule has 1 aliphatic heterocycles. The monoisotopic (exact) mass is 278 g/mol. The second kappa shape index (κ2) is 5.19. The van der Waals surface area contributed by atoms with Crippen molar-refractivity contribution in [1.82, 2.24) is 14.7 Å². The van der Waals surface area contributed by atoms with Crippen molar-refractivity contribution in [2.24, 2.45) is 7.05 Å². The van der Waals surface area contributed by atoms with E-state index in [1.165, 1.54) is 0 Å². The van der Waals surface area contributed by atoms with Crippen LogP contribution in [0.3, 0.4) is 0 Å². The second-order valence-electron chi connectivity index (χ2n) is 5.98. The molecule has 2 heterocycles. The minimum absolute atomic E-state index is 0.272. The summed E-state index contributed by atoms with van der Waals surface area (Å²) >= 11 is 0. The van der Waals surface area contributed by atoms with Crippen LogP contribution in [-0.2, 0) is 11.8 Å². The van der Waals surface area contributed by atoms with Crippen molar-refractivity contribution in [2.45, 2.75) is 32.8 Å². The number of aromatic nitrogens is 2. The molecule has 1 aliphatic rings. The van der Waals surface area contributed by atoms with Crippen molar-refractivity contribution in [3.05, 3.63) is 18.0 Å². The van der Waals surface area contributed by atoms with Crippen LogP contribution in [0, 0.1) is 0 Å². The Labute approximate surface area is 119 Å². The smallest absolute Gasteiger partial charge is 0.410 e. The number of nitrogens with zero attached hydrogens (tertiary/aromatic N) is 3. The normalized spacial score (nSPS) is 16.0. The number of hydrogen-bond donors (Lipinski definition) is 1. The van der Waals surface area contributed by atoms with Crippen LogP contribution in [0.4, 0.5) is 10.5 Å². The average molecular weight is 278 g/mol. The third-order valence-electron chi connectivity index (χ3n) is 3.13. The summed E-state index contributed by atoms with van der Waals surface area (Å²) < 4.78 is 7.13. The van der Waals surface area contributed by atoms with E-state index in [1.54, 1.807) is 15.8 Å². The third-order valence-corrected chi connectivity index (χ3v) is 3.13. The van der Waals surface area contributed by atoms with Gasteiger partial charge in [-0.1, -0.05) is 6.08 Å². The van der Waals surface area contributed by atoms with Crippen molar-refractivity contribution < 1.29 is 9.53 Å². The number of anilines is 1. The molecule has 1 amide bonds. The molecule has 0 fully saturated rings. The van der Waals surface area contributed by atoms with Crippen molar-refractivity contribution >= 4 is 17.4 Å². The lowest BCUT2D eigenvalue weighted by molar-refractivity contribution is 0.0270. The molecule has 0 atom stereocenters. The predicted molar refractivity (Wildman–Crippen MR) is 78.0 cm³/mol. The lowest BCUT2D eigenvalue weighted by atomic mass is 10.0. The van der Waals surface area contributed by atoms with Gasteiger partial charge in [-0.05, 0) is 32.8 Å². The maximum absolute atomic E-state index is 12.0. The van der Waals surface area contributed by atoms with E-state index in [-0.39, 0.29) is 6.09 Å². The zero-order valence-electron chi connectivity index (χ0n) is 12.5. The lowest BCUT2D eigenvalue weighted by Gasteiger charge is -2.29. The molecule has 0 spiro atoms. The standard InChI is InChI=1S/C14H22N4O2/c1-14(2,3)20-13(19)18-7-5-10(6-8-18)12-11(15)9-16-17(12)4/h5,9H,6-8,15H2,1-4H3. The predicted octanol–water partition coefficient (Wildman–Crippen LogP) is 2.03. The first-order valence-electron chi connectivity index (χ1n) is 6.73. The Kier molecular flexibility index (Phi) is 3.74. The van der Waals surface area contributed by atoms with E-state index in [1.807, 2.05) is 33.9 Å². The van der Waals surface area contributed by atoms with Crippen LogP contribution in [0.1, 0.15) is 32.9 Å². The number of aryl methyl sites for hydroxylation is 1. The molecule has 1 aromatic heterocycles. The fourth-order valence-electron chi connectivity index (χ4n) is 2.22.